The number of β-lactam (4-membered cyclic amide) rings is 1. The molecule has 132 valence electrons. The Balaban J connectivity index is 0.00000312. The van der Waals surface area contributed by atoms with E-state index in [1.54, 1.807) is 0 Å². The van der Waals surface area contributed by atoms with Gasteiger partial charge in [0.15, 0.2) is 0 Å². The van der Waals surface area contributed by atoms with Gasteiger partial charge in [-0.3, -0.25) is 9.59 Å². The Morgan fingerprint density at radius 1 is 1.44 bits per heavy atom. The first-order valence-corrected chi connectivity index (χ1v) is 9.38. The Labute approximate surface area is 200 Å². The molecule has 25 heavy (non-hydrogen) atoms. The number of pyridine rings is 1. The molecule has 1 N–H and O–H groups in total. The predicted molar refractivity (Wildman–Crippen MR) is 84.0 cm³/mol. The van der Waals surface area contributed by atoms with Gasteiger partial charge >= 0.3 is 51.4 Å². The molecule has 1 aliphatic heterocycles. The van der Waals surface area contributed by atoms with Crippen molar-refractivity contribution < 1.29 is 78.2 Å². The molecule has 2 amide bonds. The van der Waals surface area contributed by atoms with Crippen LogP contribution in [0.4, 0.5) is 0 Å². The number of aromatic nitrogens is 1. The molecule has 0 radical (unpaired) electrons. The second-order valence-electron chi connectivity index (χ2n) is 4.67. The number of carbonyl (C=O) groups is 2. The summed E-state index contributed by atoms with van der Waals surface area (Å²) in [5.41, 5.74) is 0. The van der Waals surface area contributed by atoms with E-state index in [0.717, 1.165) is 11.8 Å². The Morgan fingerprint density at radius 2 is 2.00 bits per heavy atom. The third-order valence-corrected chi connectivity index (χ3v) is 4.64. The van der Waals surface area contributed by atoms with E-state index in [2.05, 4.69) is 14.6 Å². The van der Waals surface area contributed by atoms with Crippen molar-refractivity contribution in [3.05, 3.63) is 22.4 Å². The number of hydrogen-bond acceptors (Lipinski definition) is 8. The minimum absolute atomic E-state index is 0. The van der Waals surface area contributed by atoms with E-state index in [0.29, 0.717) is 9.96 Å². The molecular weight excluding hydrogens is 444 g/mol. The maximum Gasteiger partial charge on any atom is 1.00 e. The second-order valence-corrected chi connectivity index (χ2v) is 7.46. The van der Waals surface area contributed by atoms with Gasteiger partial charge in [0.05, 0.1) is 11.8 Å². The third kappa shape index (κ3) is 6.88. The first-order chi connectivity index (χ1) is 11.1. The number of nitrogens with one attached hydrogen (secondary N) is 1. The summed E-state index contributed by atoms with van der Waals surface area (Å²) in [6.45, 7) is 1.42. The van der Waals surface area contributed by atoms with E-state index in [-0.39, 0.29) is 67.4 Å². The molecule has 1 fully saturated rings. The van der Waals surface area contributed by atoms with Gasteiger partial charge in [-0.15, -0.1) is 11.8 Å². The number of halogens is 2. The van der Waals surface area contributed by atoms with Gasteiger partial charge in [-0.25, -0.2) is 13.4 Å². The smallest absolute Gasteiger partial charge is 0.724 e. The molecule has 0 unspecified atom stereocenters. The van der Waals surface area contributed by atoms with Crippen LogP contribution in [0.2, 0.25) is 10.3 Å². The molecule has 9 nitrogen and oxygen atoms in total. The fourth-order valence-electron chi connectivity index (χ4n) is 1.87. The van der Waals surface area contributed by atoms with Crippen molar-refractivity contribution in [3.63, 3.8) is 0 Å². The molecule has 1 aromatic heterocycles. The number of hydrogen-bond donors (Lipinski definition) is 1. The van der Waals surface area contributed by atoms with Gasteiger partial charge in [0.2, 0.25) is 16.3 Å². The van der Waals surface area contributed by atoms with Crippen LogP contribution in [0.5, 0.6) is 0 Å². The number of rotatable bonds is 6. The van der Waals surface area contributed by atoms with Crippen LogP contribution in [0.15, 0.2) is 17.0 Å². The maximum atomic E-state index is 11.9. The monoisotopic (exact) mass is 453 g/mol. The van der Waals surface area contributed by atoms with Crippen LogP contribution in [-0.2, 0) is 24.3 Å². The van der Waals surface area contributed by atoms with Gasteiger partial charge in [0.1, 0.15) is 16.3 Å². The molecule has 0 spiro atoms. The van der Waals surface area contributed by atoms with E-state index in [9.17, 15) is 22.6 Å². The topological polar surface area (TPSA) is 129 Å². The van der Waals surface area contributed by atoms with E-state index in [1.165, 1.54) is 19.1 Å². The Hall–Kier alpha value is 0.526. The second kappa shape index (κ2) is 9.64. The van der Waals surface area contributed by atoms with Crippen LogP contribution < -0.4 is 56.7 Å². The van der Waals surface area contributed by atoms with Gasteiger partial charge in [0.25, 0.3) is 5.91 Å². The standard InChI is InChI=1S/C11H11Cl2N3O6S2.K/c1-5-10(11(18)16(5)22-24(19,20)21)15-9(17)4-23-6-2-7(12)14-8(13)3-6;/h2-3,5,10H,4H2,1H3,(H,15,17)(H,19,20,21);/q;+1/p-1/t5-,10+;/m1./s1. The summed E-state index contributed by atoms with van der Waals surface area (Å²) in [5.74, 6) is -1.33. The number of hydroxylamine groups is 2. The molecule has 1 aliphatic rings. The average Bonchev–Trinajstić information content (AvgIpc) is 2.46. The summed E-state index contributed by atoms with van der Waals surface area (Å²) in [6.07, 6.45) is 0. The molecule has 1 aromatic rings. The van der Waals surface area contributed by atoms with E-state index < -0.39 is 34.3 Å². The van der Waals surface area contributed by atoms with Crippen molar-refractivity contribution in [3.8, 4) is 0 Å². The van der Waals surface area contributed by atoms with Gasteiger partial charge in [-0.05, 0) is 19.1 Å². The summed E-state index contributed by atoms with van der Waals surface area (Å²) in [7, 11) is -5.05. The van der Waals surface area contributed by atoms with E-state index >= 15 is 0 Å². The molecule has 2 heterocycles. The van der Waals surface area contributed by atoms with Crippen LogP contribution in [0.1, 0.15) is 6.92 Å². The summed E-state index contributed by atoms with van der Waals surface area (Å²) in [4.78, 5) is 27.9. The average molecular weight is 454 g/mol. The Morgan fingerprint density at radius 3 is 2.48 bits per heavy atom. The molecule has 14 heteroatoms. The minimum Gasteiger partial charge on any atom is -0.724 e. The first kappa shape index (κ1) is 23.6. The SMILES string of the molecule is C[C@@H]1[C@H](NC(=O)CSc2cc(Cl)nc(Cl)c2)C(=O)N1OS(=O)(=O)[O-].[K+]. The molecule has 2 atom stereocenters. The number of amides is 2. The first-order valence-electron chi connectivity index (χ1n) is 6.30. The molecule has 0 bridgehead atoms. The summed E-state index contributed by atoms with van der Waals surface area (Å²) in [6, 6.07) is 1.29. The number of thioether (sulfide) groups is 1. The van der Waals surface area contributed by atoms with Crippen molar-refractivity contribution in [2.45, 2.75) is 23.9 Å². The quantitative estimate of drug-likeness (QED) is 0.126. The molecule has 2 rings (SSSR count). The zero-order valence-electron chi connectivity index (χ0n) is 12.9. The Bertz CT molecular complexity index is 761. The summed E-state index contributed by atoms with van der Waals surface area (Å²) in [5, 5.41) is 3.19. The molecule has 0 saturated carbocycles. The number of nitrogens with zero attached hydrogens (tertiary/aromatic N) is 2. The number of carbonyl (C=O) groups excluding carboxylic acids is 2. The minimum atomic E-state index is -5.05. The van der Waals surface area contributed by atoms with Crippen LogP contribution in [0.25, 0.3) is 0 Å². The van der Waals surface area contributed by atoms with Gasteiger partial charge in [-0.1, -0.05) is 23.2 Å². The van der Waals surface area contributed by atoms with Crippen LogP contribution in [0, 0.1) is 0 Å². The zero-order chi connectivity index (χ0) is 18.1. The fraction of sp³-hybridized carbons (Fsp3) is 0.364. The molecule has 0 aliphatic carbocycles. The van der Waals surface area contributed by atoms with Crippen LogP contribution in [0.3, 0.4) is 0 Å². The molecular formula is C11H10Cl2KN3O6S2. The fourth-order valence-corrected chi connectivity index (χ4v) is 3.64. The van der Waals surface area contributed by atoms with Gasteiger partial charge < -0.3 is 9.87 Å². The van der Waals surface area contributed by atoms with Crippen molar-refractivity contribution >= 4 is 57.2 Å². The van der Waals surface area contributed by atoms with Crippen LogP contribution in [-0.4, -0.2) is 52.7 Å². The summed E-state index contributed by atoms with van der Waals surface area (Å²) < 4.78 is 35.4. The molecule has 1 saturated heterocycles. The largest absolute Gasteiger partial charge is 1.00 e. The normalized spacial score (nSPS) is 19.8. The van der Waals surface area contributed by atoms with Crippen molar-refractivity contribution in [2.24, 2.45) is 0 Å². The predicted octanol–water partition coefficient (Wildman–Crippen LogP) is -2.41. The Kier molecular flexibility index (Phi) is 9.09. The van der Waals surface area contributed by atoms with Crippen molar-refractivity contribution in [1.82, 2.24) is 15.4 Å². The van der Waals surface area contributed by atoms with Gasteiger partial charge in [-0.2, -0.15) is 9.35 Å². The third-order valence-electron chi connectivity index (χ3n) is 2.93. The van der Waals surface area contributed by atoms with Crippen molar-refractivity contribution in [2.75, 3.05) is 5.75 Å². The maximum absolute atomic E-state index is 11.9. The van der Waals surface area contributed by atoms with Gasteiger partial charge in [0, 0.05) is 4.90 Å². The summed E-state index contributed by atoms with van der Waals surface area (Å²) >= 11 is 12.6. The van der Waals surface area contributed by atoms with Crippen molar-refractivity contribution in [1.29, 1.82) is 0 Å². The van der Waals surface area contributed by atoms with Crippen LogP contribution >= 0.6 is 35.0 Å². The van der Waals surface area contributed by atoms with E-state index in [1.807, 2.05) is 0 Å². The van der Waals surface area contributed by atoms with E-state index in [4.69, 9.17) is 23.2 Å². The zero-order valence-corrected chi connectivity index (χ0v) is 19.2. The molecule has 0 aromatic carbocycles.